The van der Waals surface area contributed by atoms with E-state index in [0.29, 0.717) is 6.04 Å². The predicted molar refractivity (Wildman–Crippen MR) is 51.4 cm³/mol. The minimum atomic E-state index is 0.281. The van der Waals surface area contributed by atoms with Gasteiger partial charge in [0.25, 0.3) is 5.82 Å². The van der Waals surface area contributed by atoms with Crippen molar-refractivity contribution < 1.29 is 0 Å². The molecule has 0 unspecified atom stereocenters. The second kappa shape index (κ2) is 3.79. The van der Waals surface area contributed by atoms with Gasteiger partial charge in [0.15, 0.2) is 0 Å². The minimum absolute atomic E-state index is 0.281. The molecule has 74 valence electrons. The summed E-state index contributed by atoms with van der Waals surface area (Å²) in [6, 6.07) is 2.41. The van der Waals surface area contributed by atoms with Gasteiger partial charge in [-0.05, 0) is 31.6 Å². The molecule has 0 saturated heterocycles. The van der Waals surface area contributed by atoms with Crippen LogP contribution in [-0.2, 0) is 0 Å². The smallest absolute Gasteiger partial charge is 0.249 e. The predicted octanol–water partition coefficient (Wildman–Crippen LogP) is 1.90. The Labute approximate surface area is 83.6 Å². The van der Waals surface area contributed by atoms with Crippen molar-refractivity contribution in [3.8, 4) is 6.07 Å². The highest BCUT2D eigenvalue weighted by atomic mass is 15.3. The van der Waals surface area contributed by atoms with Crippen LogP contribution in [0.4, 0.5) is 0 Å². The van der Waals surface area contributed by atoms with Crippen LogP contribution in [0, 0.1) is 17.2 Å². The SMILES string of the molecule is CC1CCC(n2cnc(C#N)n2)CC1. The summed E-state index contributed by atoms with van der Waals surface area (Å²) in [6.07, 6.45) is 6.52. The van der Waals surface area contributed by atoms with Gasteiger partial charge in [-0.3, -0.25) is 0 Å². The number of aromatic nitrogens is 3. The first-order valence-electron chi connectivity index (χ1n) is 5.11. The van der Waals surface area contributed by atoms with Crippen LogP contribution in [0.15, 0.2) is 6.33 Å². The zero-order valence-electron chi connectivity index (χ0n) is 8.35. The molecule has 1 aliphatic rings. The Morgan fingerprint density at radius 3 is 2.71 bits per heavy atom. The first-order chi connectivity index (χ1) is 6.79. The van der Waals surface area contributed by atoms with Crippen molar-refractivity contribution in [2.75, 3.05) is 0 Å². The quantitative estimate of drug-likeness (QED) is 0.679. The fraction of sp³-hybridized carbons (Fsp3) is 0.700. The summed E-state index contributed by atoms with van der Waals surface area (Å²) in [5.41, 5.74) is 0. The molecular formula is C10H14N4. The van der Waals surface area contributed by atoms with Gasteiger partial charge in [-0.1, -0.05) is 6.92 Å². The van der Waals surface area contributed by atoms with Crippen LogP contribution in [0.25, 0.3) is 0 Å². The molecule has 0 amide bonds. The van der Waals surface area contributed by atoms with Gasteiger partial charge in [0.2, 0.25) is 0 Å². The van der Waals surface area contributed by atoms with Crippen molar-refractivity contribution in [1.82, 2.24) is 14.8 Å². The Kier molecular flexibility index (Phi) is 2.49. The highest BCUT2D eigenvalue weighted by Gasteiger charge is 2.20. The lowest BCUT2D eigenvalue weighted by molar-refractivity contribution is 0.273. The van der Waals surface area contributed by atoms with Gasteiger partial charge in [-0.25, -0.2) is 9.67 Å². The van der Waals surface area contributed by atoms with Crippen LogP contribution in [0.3, 0.4) is 0 Å². The topological polar surface area (TPSA) is 54.5 Å². The molecule has 1 saturated carbocycles. The molecule has 4 heteroatoms. The maximum absolute atomic E-state index is 8.60. The normalized spacial score (nSPS) is 27.1. The molecule has 0 N–H and O–H groups in total. The second-order valence-electron chi connectivity index (χ2n) is 4.07. The van der Waals surface area contributed by atoms with E-state index in [0.717, 1.165) is 18.8 Å². The fourth-order valence-corrected chi connectivity index (χ4v) is 2.01. The maximum atomic E-state index is 8.60. The highest BCUT2D eigenvalue weighted by Crippen LogP contribution is 2.30. The van der Waals surface area contributed by atoms with Gasteiger partial charge >= 0.3 is 0 Å². The Morgan fingerprint density at radius 1 is 1.43 bits per heavy atom. The van der Waals surface area contributed by atoms with Crippen molar-refractivity contribution in [2.24, 2.45) is 5.92 Å². The van der Waals surface area contributed by atoms with Crippen LogP contribution >= 0.6 is 0 Å². The molecule has 0 radical (unpaired) electrons. The average molecular weight is 190 g/mol. The third-order valence-electron chi connectivity index (χ3n) is 2.97. The van der Waals surface area contributed by atoms with E-state index in [1.54, 1.807) is 6.33 Å². The standard InChI is InChI=1S/C10H14N4/c1-8-2-4-9(5-3-8)14-7-12-10(6-11)13-14/h7-9H,2-5H2,1H3. The summed E-state index contributed by atoms with van der Waals surface area (Å²) in [5.74, 6) is 1.12. The molecule has 1 fully saturated rings. The molecule has 1 heterocycles. The van der Waals surface area contributed by atoms with E-state index in [4.69, 9.17) is 5.26 Å². The summed E-state index contributed by atoms with van der Waals surface area (Å²) in [5, 5.41) is 12.7. The van der Waals surface area contributed by atoms with Gasteiger partial charge < -0.3 is 0 Å². The van der Waals surface area contributed by atoms with Crippen molar-refractivity contribution in [3.63, 3.8) is 0 Å². The Hall–Kier alpha value is -1.37. The monoisotopic (exact) mass is 190 g/mol. The second-order valence-corrected chi connectivity index (χ2v) is 4.07. The Balaban J connectivity index is 2.05. The number of nitrogens with zero attached hydrogens (tertiary/aromatic N) is 4. The van der Waals surface area contributed by atoms with Gasteiger partial charge in [-0.2, -0.15) is 5.26 Å². The lowest BCUT2D eigenvalue weighted by atomic mass is 9.87. The largest absolute Gasteiger partial charge is 0.252 e. The zero-order valence-corrected chi connectivity index (χ0v) is 8.35. The van der Waals surface area contributed by atoms with E-state index in [1.165, 1.54) is 12.8 Å². The lowest BCUT2D eigenvalue weighted by Crippen LogP contribution is -2.17. The number of hydrogen-bond acceptors (Lipinski definition) is 3. The van der Waals surface area contributed by atoms with Gasteiger partial charge in [0.1, 0.15) is 12.4 Å². The Bertz CT molecular complexity index is 341. The van der Waals surface area contributed by atoms with E-state index >= 15 is 0 Å². The Morgan fingerprint density at radius 2 is 2.14 bits per heavy atom. The number of rotatable bonds is 1. The molecule has 0 aliphatic heterocycles. The van der Waals surface area contributed by atoms with Crippen LogP contribution in [-0.4, -0.2) is 14.8 Å². The third-order valence-corrected chi connectivity index (χ3v) is 2.97. The third kappa shape index (κ3) is 1.77. The van der Waals surface area contributed by atoms with Crippen LogP contribution in [0.2, 0.25) is 0 Å². The molecule has 0 bridgehead atoms. The molecule has 0 atom stereocenters. The first kappa shape index (κ1) is 9.20. The molecule has 2 rings (SSSR count). The summed E-state index contributed by atoms with van der Waals surface area (Å²) < 4.78 is 1.85. The van der Waals surface area contributed by atoms with Crippen molar-refractivity contribution in [3.05, 3.63) is 12.2 Å². The number of hydrogen-bond donors (Lipinski definition) is 0. The van der Waals surface area contributed by atoms with Crippen molar-refractivity contribution in [1.29, 1.82) is 5.26 Å². The fourth-order valence-electron chi connectivity index (χ4n) is 2.01. The molecule has 0 aromatic carbocycles. The van der Waals surface area contributed by atoms with E-state index in [-0.39, 0.29) is 5.82 Å². The summed E-state index contributed by atoms with van der Waals surface area (Å²) in [7, 11) is 0. The highest BCUT2D eigenvalue weighted by molar-refractivity contribution is 5.05. The van der Waals surface area contributed by atoms with E-state index < -0.39 is 0 Å². The molecule has 4 nitrogen and oxygen atoms in total. The van der Waals surface area contributed by atoms with Crippen LogP contribution < -0.4 is 0 Å². The lowest BCUT2D eigenvalue weighted by Gasteiger charge is -2.25. The summed E-state index contributed by atoms with van der Waals surface area (Å²) in [4.78, 5) is 3.92. The average Bonchev–Trinajstić information content (AvgIpc) is 2.67. The minimum Gasteiger partial charge on any atom is -0.249 e. The van der Waals surface area contributed by atoms with E-state index in [2.05, 4.69) is 17.0 Å². The molecule has 1 aromatic rings. The van der Waals surface area contributed by atoms with E-state index in [1.807, 2.05) is 10.8 Å². The molecule has 1 aromatic heterocycles. The van der Waals surface area contributed by atoms with Crippen molar-refractivity contribution in [2.45, 2.75) is 38.6 Å². The van der Waals surface area contributed by atoms with Crippen LogP contribution in [0.5, 0.6) is 0 Å². The van der Waals surface area contributed by atoms with Gasteiger partial charge in [-0.15, -0.1) is 5.10 Å². The molecule has 1 aliphatic carbocycles. The molecule has 0 spiro atoms. The molecule has 14 heavy (non-hydrogen) atoms. The number of nitriles is 1. The van der Waals surface area contributed by atoms with Gasteiger partial charge in [0, 0.05) is 0 Å². The van der Waals surface area contributed by atoms with Gasteiger partial charge in [0.05, 0.1) is 6.04 Å². The van der Waals surface area contributed by atoms with Crippen LogP contribution in [0.1, 0.15) is 44.5 Å². The van der Waals surface area contributed by atoms with Crippen molar-refractivity contribution >= 4 is 0 Å². The summed E-state index contributed by atoms with van der Waals surface area (Å²) >= 11 is 0. The first-order valence-corrected chi connectivity index (χ1v) is 5.11. The van der Waals surface area contributed by atoms with E-state index in [9.17, 15) is 0 Å². The summed E-state index contributed by atoms with van der Waals surface area (Å²) in [6.45, 7) is 2.29. The maximum Gasteiger partial charge on any atom is 0.252 e. The zero-order chi connectivity index (χ0) is 9.97. The molecular weight excluding hydrogens is 176 g/mol.